The molecule has 0 aliphatic heterocycles. The smallest absolute Gasteiger partial charge is 0.581 e. The second-order valence-electron chi connectivity index (χ2n) is 18.3. The van der Waals surface area contributed by atoms with Crippen LogP contribution < -0.4 is 21.2 Å². The zero-order valence-corrected chi connectivity index (χ0v) is 42.9. The van der Waals surface area contributed by atoms with Crippen LogP contribution in [0.3, 0.4) is 0 Å². The molecule has 0 atom stereocenters. The zero-order chi connectivity index (χ0) is 53.3. The van der Waals surface area contributed by atoms with Gasteiger partial charge in [-0.2, -0.15) is 0 Å². The van der Waals surface area contributed by atoms with Crippen LogP contribution in [0.4, 0.5) is 0 Å². The zero-order valence-electron chi connectivity index (χ0n) is 42.0. The van der Waals surface area contributed by atoms with Gasteiger partial charge in [0.15, 0.2) is 0 Å². The molecule has 8 nitrogen and oxygen atoms in total. The third kappa shape index (κ3) is 10.1. The quantitative estimate of drug-likeness (QED) is 0.0880. The minimum Gasteiger partial charge on any atom is -0.581 e. The molecule has 12 rings (SSSR count). The third-order valence-corrected chi connectivity index (χ3v) is 17.9. The molecule has 10 heteroatoms. The van der Waals surface area contributed by atoms with E-state index in [-0.39, 0.29) is 22.3 Å². The van der Waals surface area contributed by atoms with Crippen molar-refractivity contribution in [3.05, 3.63) is 313 Å². The van der Waals surface area contributed by atoms with Crippen molar-refractivity contribution in [2.75, 3.05) is 0 Å². The van der Waals surface area contributed by atoms with Crippen molar-refractivity contribution in [3.63, 3.8) is 0 Å². The van der Waals surface area contributed by atoms with Gasteiger partial charge in [-0.15, -0.1) is 0 Å². The van der Waals surface area contributed by atoms with Crippen LogP contribution in [0.1, 0.15) is 41.4 Å². The van der Waals surface area contributed by atoms with Gasteiger partial charge in [0.2, 0.25) is 0 Å². The summed E-state index contributed by atoms with van der Waals surface area (Å²) in [6.45, 7) is -4.33. The van der Waals surface area contributed by atoms with E-state index in [2.05, 4.69) is 121 Å². The van der Waals surface area contributed by atoms with E-state index in [1.165, 1.54) is 45.5 Å². The molecule has 0 radical (unpaired) electrons. The fraction of sp³-hybridized carbons (Fsp3) is 0. The SMILES string of the molecule is O=C(O[B-](OC(=O)c1cccc2ccccc12)(OC(=O)c1cccc2ccccc12)OC(=O)c1cccc2ccccc12)c1cccc2ccccc12.c1ccc([P+](c2ccccc2)(c2ccccc2)c2ccccc2)cc1. The fourth-order valence-corrected chi connectivity index (χ4v) is 14.3. The number of fused-ring (bicyclic) bond motifs is 4. The first-order valence-electron chi connectivity index (χ1n) is 25.4. The van der Waals surface area contributed by atoms with Gasteiger partial charge in [0, 0.05) is 0 Å². The Balaban J connectivity index is 0.000000215. The van der Waals surface area contributed by atoms with E-state index in [0.29, 0.717) is 43.1 Å². The van der Waals surface area contributed by atoms with E-state index in [9.17, 15) is 19.2 Å². The average molecular weight is 1030 g/mol. The Labute approximate surface area is 451 Å². The molecule has 0 bridgehead atoms. The topological polar surface area (TPSA) is 105 Å². The van der Waals surface area contributed by atoms with Crippen molar-refractivity contribution in [2.45, 2.75) is 0 Å². The maximum absolute atomic E-state index is 14.3. The predicted octanol–water partition coefficient (Wildman–Crippen LogP) is 13.8. The van der Waals surface area contributed by atoms with E-state index in [1.54, 1.807) is 72.8 Å². The fourth-order valence-electron chi connectivity index (χ4n) is 10.0. The predicted molar refractivity (Wildman–Crippen MR) is 314 cm³/mol. The van der Waals surface area contributed by atoms with Crippen LogP contribution in [-0.2, 0) is 18.6 Å². The molecule has 0 saturated carbocycles. The summed E-state index contributed by atoms with van der Waals surface area (Å²) >= 11 is 0. The van der Waals surface area contributed by atoms with Gasteiger partial charge in [0.1, 0.15) is 28.5 Å². The Kier molecular flexibility index (Phi) is 14.5. The third-order valence-electron chi connectivity index (χ3n) is 13.6. The van der Waals surface area contributed by atoms with Crippen LogP contribution in [0.2, 0.25) is 0 Å². The van der Waals surface area contributed by atoms with Crippen molar-refractivity contribution in [1.29, 1.82) is 0 Å². The molecule has 0 heterocycles. The van der Waals surface area contributed by atoms with Gasteiger partial charge in [-0.3, -0.25) is 19.2 Å². The van der Waals surface area contributed by atoms with E-state index < -0.39 is 38.1 Å². The first kappa shape index (κ1) is 50.2. The van der Waals surface area contributed by atoms with Gasteiger partial charge in [0.05, 0.1) is 22.3 Å². The van der Waals surface area contributed by atoms with E-state index in [0.717, 1.165) is 0 Å². The summed E-state index contributed by atoms with van der Waals surface area (Å²) in [4.78, 5) is 57.1. The highest BCUT2D eigenvalue weighted by molar-refractivity contribution is 8.01. The molecule has 0 N–H and O–H groups in total. The normalized spacial score (nSPS) is 11.3. The number of carbonyl (C=O) groups excluding carboxylic acids is 4. The van der Waals surface area contributed by atoms with Crippen LogP contribution in [-0.4, -0.2) is 30.8 Å². The lowest BCUT2D eigenvalue weighted by molar-refractivity contribution is -0.00301. The Morgan fingerprint density at radius 2 is 0.423 bits per heavy atom. The summed E-state index contributed by atoms with van der Waals surface area (Å²) in [5, 5.41) is 10.4. The highest BCUT2D eigenvalue weighted by Crippen LogP contribution is 2.54. The molecule has 0 amide bonds. The van der Waals surface area contributed by atoms with Crippen molar-refractivity contribution in [2.24, 2.45) is 0 Å². The van der Waals surface area contributed by atoms with E-state index >= 15 is 0 Å². The number of hydrogen-bond donors (Lipinski definition) is 0. The molecule has 78 heavy (non-hydrogen) atoms. The number of rotatable bonds is 12. The lowest BCUT2D eigenvalue weighted by Gasteiger charge is -2.38. The van der Waals surface area contributed by atoms with Gasteiger partial charge in [-0.05, 0) is 116 Å². The number of benzene rings is 12. The lowest BCUT2D eigenvalue weighted by Crippen LogP contribution is -2.54. The van der Waals surface area contributed by atoms with Crippen molar-refractivity contribution in [3.8, 4) is 0 Å². The van der Waals surface area contributed by atoms with Crippen LogP contribution >= 0.6 is 7.26 Å². The molecule has 0 aliphatic carbocycles. The minimum atomic E-state index is -4.33. The Morgan fingerprint density at radius 1 is 0.231 bits per heavy atom. The monoisotopic (exact) mass is 1030 g/mol. The Morgan fingerprint density at radius 3 is 0.654 bits per heavy atom. The summed E-state index contributed by atoms with van der Waals surface area (Å²) < 4.78 is 23.8. The molecule has 0 saturated heterocycles. The van der Waals surface area contributed by atoms with Crippen LogP contribution in [0.25, 0.3) is 43.1 Å². The first-order valence-corrected chi connectivity index (χ1v) is 27.2. The molecular formula is C68H48BO8P. The van der Waals surface area contributed by atoms with Gasteiger partial charge in [-0.1, -0.05) is 218 Å². The van der Waals surface area contributed by atoms with Gasteiger partial charge >= 0.3 is 6.96 Å². The molecule has 0 spiro atoms. The maximum Gasteiger partial charge on any atom is 0.785 e. The van der Waals surface area contributed by atoms with Crippen molar-refractivity contribution in [1.82, 2.24) is 0 Å². The summed E-state index contributed by atoms with van der Waals surface area (Å²) in [6, 6.07) is 92.1. The van der Waals surface area contributed by atoms with E-state index in [4.69, 9.17) is 18.6 Å². The van der Waals surface area contributed by atoms with E-state index in [1.807, 2.05) is 72.8 Å². The second-order valence-corrected chi connectivity index (χ2v) is 21.7. The molecule has 12 aromatic rings. The second kappa shape index (κ2) is 22.5. The molecule has 0 fully saturated rings. The number of carbonyl (C=O) groups is 4. The largest absolute Gasteiger partial charge is 0.785 e. The van der Waals surface area contributed by atoms with Crippen molar-refractivity contribution < 1.29 is 37.8 Å². The minimum absolute atomic E-state index is 0.0537. The Hall–Kier alpha value is -9.95. The maximum atomic E-state index is 14.3. The average Bonchev–Trinajstić information content (AvgIpc) is 3.58. The molecule has 12 aromatic carbocycles. The molecule has 0 aromatic heterocycles. The van der Waals surface area contributed by atoms with Crippen molar-refractivity contribution >= 4 is 102 Å². The van der Waals surface area contributed by atoms with Crippen LogP contribution in [0.5, 0.6) is 0 Å². The van der Waals surface area contributed by atoms with Gasteiger partial charge in [-0.25, -0.2) is 0 Å². The molecule has 0 unspecified atom stereocenters. The molecular weight excluding hydrogens is 987 g/mol. The molecule has 376 valence electrons. The highest BCUT2D eigenvalue weighted by Gasteiger charge is 2.50. The summed E-state index contributed by atoms with van der Waals surface area (Å²) in [6.07, 6.45) is 0. The Bertz CT molecular complexity index is 3580. The highest BCUT2D eigenvalue weighted by atomic mass is 31.2. The van der Waals surface area contributed by atoms with Gasteiger partial charge < -0.3 is 18.6 Å². The summed E-state index contributed by atoms with van der Waals surface area (Å²) in [5.41, 5.74) is 0.215. The standard InChI is InChI=1S/C44H28BO8.C24H20P/c46-41(37-25-9-17-29-13-1-5-21-33(29)37)50-45(51-42(47)38-26-10-18-30-14-2-6-22-34(30)38,52-43(48)39-27-11-19-31-15-3-7-23-35(31)39)53-44(49)40-28-12-20-32-16-4-8-24-36(32)40;1-5-13-21(14-6-1)25(22-15-7-2-8-16-22,23-17-9-3-10-18-23)24-19-11-4-12-20-24/h1-28H;1-20H/q-1;+1. The first-order chi connectivity index (χ1) is 38.3. The lowest BCUT2D eigenvalue weighted by atomic mass is 9.98. The number of hydrogen-bond acceptors (Lipinski definition) is 8. The summed E-state index contributed by atoms with van der Waals surface area (Å²) in [7, 11) is -1.91. The summed E-state index contributed by atoms with van der Waals surface area (Å²) in [5.74, 6) is -4.26. The van der Waals surface area contributed by atoms with Crippen LogP contribution in [0, 0.1) is 0 Å². The molecule has 0 aliphatic rings. The van der Waals surface area contributed by atoms with Gasteiger partial charge in [0.25, 0.3) is 23.9 Å². The van der Waals surface area contributed by atoms with Crippen LogP contribution in [0.15, 0.2) is 291 Å².